The second kappa shape index (κ2) is 13.4. The Balaban J connectivity index is 1.50. The highest BCUT2D eigenvalue weighted by molar-refractivity contribution is 5.98. The van der Waals surface area contributed by atoms with Crippen LogP contribution in [0.25, 0.3) is 0 Å². The lowest BCUT2D eigenvalue weighted by molar-refractivity contribution is -0.123. The molecule has 0 bridgehead atoms. The molecule has 0 saturated heterocycles. The van der Waals surface area contributed by atoms with Gasteiger partial charge in [-0.3, -0.25) is 14.4 Å². The molecule has 1 atom stereocenters. The Morgan fingerprint density at radius 2 is 1.54 bits per heavy atom. The number of carbonyl (C=O) groups is 3. The maximum atomic E-state index is 12.3. The van der Waals surface area contributed by atoms with E-state index in [1.54, 1.807) is 24.3 Å². The van der Waals surface area contributed by atoms with E-state index in [-0.39, 0.29) is 12.5 Å². The van der Waals surface area contributed by atoms with Gasteiger partial charge in [-0.15, -0.1) is 0 Å². The smallest absolute Gasteiger partial charge is 0.251 e. The van der Waals surface area contributed by atoms with Gasteiger partial charge in [-0.2, -0.15) is 0 Å². The second-order valence-corrected chi connectivity index (χ2v) is 8.88. The average Bonchev–Trinajstić information content (AvgIpc) is 2.90. The lowest BCUT2D eigenvalue weighted by Crippen LogP contribution is -2.46. The van der Waals surface area contributed by atoms with E-state index in [0.29, 0.717) is 17.9 Å². The summed E-state index contributed by atoms with van der Waals surface area (Å²) < 4.78 is 0. The van der Waals surface area contributed by atoms with Crippen molar-refractivity contribution < 1.29 is 19.5 Å². The fraction of sp³-hybridized carbons (Fsp3) is 0.393. The number of anilines is 1. The highest BCUT2D eigenvalue weighted by Crippen LogP contribution is 2.27. The summed E-state index contributed by atoms with van der Waals surface area (Å²) >= 11 is 0. The van der Waals surface area contributed by atoms with Gasteiger partial charge in [0.25, 0.3) is 5.91 Å². The number of Topliss-reactive ketones (excluding diaryl/α,β-unsaturated/α-hetero) is 1. The molecule has 1 aliphatic carbocycles. The maximum Gasteiger partial charge on any atom is 0.251 e. The number of aliphatic hydroxyl groups is 1. The van der Waals surface area contributed by atoms with Gasteiger partial charge in [0.05, 0.1) is 0 Å². The molecular formula is C28H33N3O4. The van der Waals surface area contributed by atoms with Crippen molar-refractivity contribution in [3.63, 3.8) is 0 Å². The zero-order chi connectivity index (χ0) is 25.0. The Hall–Kier alpha value is -3.47. The summed E-state index contributed by atoms with van der Waals surface area (Å²) in [4.78, 5) is 36.1. The third-order valence-electron chi connectivity index (χ3n) is 6.26. The lowest BCUT2D eigenvalue weighted by atomic mass is 9.86. The monoisotopic (exact) mass is 475 g/mol. The molecule has 7 nitrogen and oxygen atoms in total. The molecule has 1 fully saturated rings. The fourth-order valence-corrected chi connectivity index (χ4v) is 4.14. The quantitative estimate of drug-likeness (QED) is 0.416. The molecule has 0 aromatic heterocycles. The number of ketones is 1. The van der Waals surface area contributed by atoms with Crippen LogP contribution in [0.2, 0.25) is 0 Å². The number of nitrogens with two attached hydrogens (primary N) is 1. The van der Waals surface area contributed by atoms with Crippen molar-refractivity contribution in [1.82, 2.24) is 5.32 Å². The molecule has 7 heteroatoms. The number of hydrogen-bond donors (Lipinski definition) is 4. The number of nitrogens with one attached hydrogen (secondary N) is 2. The first-order chi connectivity index (χ1) is 17.0. The Morgan fingerprint density at radius 3 is 2.11 bits per heavy atom. The highest BCUT2D eigenvalue weighted by Gasteiger charge is 2.19. The molecule has 1 aliphatic rings. The van der Waals surface area contributed by atoms with E-state index in [0.717, 1.165) is 23.2 Å². The molecule has 184 valence electrons. The van der Waals surface area contributed by atoms with Gasteiger partial charge in [0.15, 0.2) is 5.78 Å². The molecule has 35 heavy (non-hydrogen) atoms. The highest BCUT2D eigenvalue weighted by atomic mass is 16.3. The minimum atomic E-state index is -0.920. The van der Waals surface area contributed by atoms with E-state index >= 15 is 0 Å². The van der Waals surface area contributed by atoms with Crippen molar-refractivity contribution in [3.8, 4) is 11.8 Å². The second-order valence-electron chi connectivity index (χ2n) is 8.88. The Labute approximate surface area is 206 Å². The lowest BCUT2D eigenvalue weighted by Gasteiger charge is -2.20. The first-order valence-electron chi connectivity index (χ1n) is 12.1. The Morgan fingerprint density at radius 1 is 0.943 bits per heavy atom. The summed E-state index contributed by atoms with van der Waals surface area (Å²) in [5.74, 6) is 5.88. The standard InChI is InChI=1S/C28H33N3O4/c29-18-25(26(33)19-32)31-28(35)23-13-8-21(9-14-23)6-7-22-10-15-24(16-11-22)30-27(34)17-12-20-4-2-1-3-5-20/h8-11,13-16,20,25,32H,1-5,12,17-19,29H2,(H,30,34)(H,31,35)/t25-/m0/s1. The minimum Gasteiger partial charge on any atom is -0.388 e. The zero-order valence-corrected chi connectivity index (χ0v) is 19.9. The first kappa shape index (κ1) is 26.1. The molecule has 0 heterocycles. The topological polar surface area (TPSA) is 122 Å². The van der Waals surface area contributed by atoms with Crippen molar-refractivity contribution in [2.75, 3.05) is 18.5 Å². The van der Waals surface area contributed by atoms with E-state index in [4.69, 9.17) is 10.8 Å². The van der Waals surface area contributed by atoms with Gasteiger partial charge >= 0.3 is 0 Å². The summed E-state index contributed by atoms with van der Waals surface area (Å²) in [7, 11) is 0. The molecule has 0 aliphatic heterocycles. The summed E-state index contributed by atoms with van der Waals surface area (Å²) in [6, 6.07) is 13.1. The summed E-state index contributed by atoms with van der Waals surface area (Å²) in [5, 5.41) is 14.4. The number of benzene rings is 2. The molecule has 2 amide bonds. The molecule has 2 aromatic rings. The summed E-state index contributed by atoms with van der Waals surface area (Å²) in [6.07, 6.45) is 7.92. The number of rotatable bonds is 9. The van der Waals surface area contributed by atoms with Crippen molar-refractivity contribution in [2.24, 2.45) is 11.7 Å². The predicted molar refractivity (Wildman–Crippen MR) is 136 cm³/mol. The normalized spacial score (nSPS) is 14.3. The van der Waals surface area contributed by atoms with Crippen LogP contribution in [0.1, 0.15) is 66.4 Å². The molecule has 0 radical (unpaired) electrons. The fourth-order valence-electron chi connectivity index (χ4n) is 4.14. The van der Waals surface area contributed by atoms with Gasteiger partial charge in [-0.05, 0) is 60.9 Å². The number of amides is 2. The van der Waals surface area contributed by atoms with Crippen molar-refractivity contribution >= 4 is 23.3 Å². The summed E-state index contributed by atoms with van der Waals surface area (Å²) in [6.45, 7) is -0.762. The predicted octanol–water partition coefficient (Wildman–Crippen LogP) is 3.00. The van der Waals surface area contributed by atoms with Crippen LogP contribution in [0, 0.1) is 17.8 Å². The largest absolute Gasteiger partial charge is 0.388 e. The molecule has 2 aromatic carbocycles. The number of hydrogen-bond acceptors (Lipinski definition) is 5. The van der Waals surface area contributed by atoms with Crippen LogP contribution >= 0.6 is 0 Å². The third kappa shape index (κ3) is 8.36. The Kier molecular flexibility index (Phi) is 10.0. The van der Waals surface area contributed by atoms with E-state index in [1.165, 1.54) is 32.1 Å². The van der Waals surface area contributed by atoms with Crippen LogP contribution in [0.15, 0.2) is 48.5 Å². The average molecular weight is 476 g/mol. The molecule has 3 rings (SSSR count). The van der Waals surface area contributed by atoms with Crippen LogP contribution in [0.4, 0.5) is 5.69 Å². The van der Waals surface area contributed by atoms with Crippen molar-refractivity contribution in [3.05, 3.63) is 65.2 Å². The molecule has 0 spiro atoms. The van der Waals surface area contributed by atoms with Gasteiger partial charge < -0.3 is 21.5 Å². The van der Waals surface area contributed by atoms with E-state index in [2.05, 4.69) is 22.5 Å². The van der Waals surface area contributed by atoms with Crippen LogP contribution < -0.4 is 16.4 Å². The van der Waals surface area contributed by atoms with Crippen LogP contribution in [-0.4, -0.2) is 41.9 Å². The first-order valence-corrected chi connectivity index (χ1v) is 12.1. The third-order valence-corrected chi connectivity index (χ3v) is 6.26. The molecule has 5 N–H and O–H groups in total. The molecular weight excluding hydrogens is 442 g/mol. The van der Waals surface area contributed by atoms with Gasteiger partial charge in [0.1, 0.15) is 12.6 Å². The number of carbonyl (C=O) groups excluding carboxylic acids is 3. The van der Waals surface area contributed by atoms with Gasteiger partial charge in [-0.1, -0.05) is 43.9 Å². The molecule has 0 unspecified atom stereocenters. The molecule has 1 saturated carbocycles. The Bertz CT molecular complexity index is 1060. The van der Waals surface area contributed by atoms with Crippen LogP contribution in [0.5, 0.6) is 0 Å². The van der Waals surface area contributed by atoms with Gasteiger partial charge in [0, 0.05) is 35.3 Å². The van der Waals surface area contributed by atoms with Crippen LogP contribution in [0.3, 0.4) is 0 Å². The van der Waals surface area contributed by atoms with Crippen molar-refractivity contribution in [2.45, 2.75) is 51.0 Å². The zero-order valence-electron chi connectivity index (χ0n) is 19.9. The maximum absolute atomic E-state index is 12.3. The van der Waals surface area contributed by atoms with Crippen LogP contribution in [-0.2, 0) is 9.59 Å². The van der Waals surface area contributed by atoms with E-state index in [1.807, 2.05) is 24.3 Å². The SMILES string of the molecule is NC[C@H](NC(=O)c1ccc(C#Cc2ccc(NC(=O)CCC3CCCCC3)cc2)cc1)C(=O)CO. The van der Waals surface area contributed by atoms with E-state index in [9.17, 15) is 14.4 Å². The minimum absolute atomic E-state index is 0.0528. The van der Waals surface area contributed by atoms with Crippen molar-refractivity contribution in [1.29, 1.82) is 0 Å². The van der Waals surface area contributed by atoms with Gasteiger partial charge in [-0.25, -0.2) is 0 Å². The van der Waals surface area contributed by atoms with E-state index < -0.39 is 24.3 Å². The number of aliphatic hydroxyl groups excluding tert-OH is 1. The van der Waals surface area contributed by atoms with Gasteiger partial charge in [0.2, 0.25) is 5.91 Å². The summed E-state index contributed by atoms with van der Waals surface area (Å²) in [5.41, 5.74) is 8.14.